The van der Waals surface area contributed by atoms with Crippen molar-refractivity contribution in [2.45, 2.75) is 64.3 Å². The van der Waals surface area contributed by atoms with Crippen molar-refractivity contribution in [3.8, 4) is 0 Å². The van der Waals surface area contributed by atoms with Gasteiger partial charge < -0.3 is 15.2 Å². The Morgan fingerprint density at radius 2 is 2.22 bits per heavy atom. The summed E-state index contributed by atoms with van der Waals surface area (Å²) in [5, 5.41) is 3.98. The smallest absolute Gasteiger partial charge is 0.227 e. The minimum Gasteiger partial charge on any atom is -0.342 e. The lowest BCUT2D eigenvalue weighted by molar-refractivity contribution is -0.140. The minimum atomic E-state index is -0.354. The zero-order chi connectivity index (χ0) is 16.4. The number of carbonyl (C=O) groups excluding carboxylic acids is 1. The van der Waals surface area contributed by atoms with Crippen molar-refractivity contribution in [2.75, 3.05) is 13.1 Å². The second-order valence-electron chi connectivity index (χ2n) is 7.53. The molecule has 2 N–H and O–H groups in total. The van der Waals surface area contributed by atoms with Crippen LogP contribution in [0.25, 0.3) is 0 Å². The maximum Gasteiger partial charge on any atom is 0.227 e. The minimum absolute atomic E-state index is 0.0255. The third kappa shape index (κ3) is 3.74. The second-order valence-corrected chi connectivity index (χ2v) is 7.53. The van der Waals surface area contributed by atoms with Gasteiger partial charge in [-0.15, -0.1) is 0 Å². The molecule has 1 saturated carbocycles. The van der Waals surface area contributed by atoms with Gasteiger partial charge in [-0.3, -0.25) is 4.79 Å². The molecular weight excluding hydrogens is 292 g/mol. The molecule has 1 aromatic rings. The fourth-order valence-corrected chi connectivity index (χ4v) is 4.10. The van der Waals surface area contributed by atoms with Crippen molar-refractivity contribution in [1.82, 2.24) is 15.0 Å². The molecule has 0 bridgehead atoms. The Balaban J connectivity index is 1.62. The summed E-state index contributed by atoms with van der Waals surface area (Å²) in [6.45, 7) is 5.49. The molecule has 0 spiro atoms. The highest BCUT2D eigenvalue weighted by Gasteiger charge is 2.40. The summed E-state index contributed by atoms with van der Waals surface area (Å²) >= 11 is 0. The zero-order valence-corrected chi connectivity index (χ0v) is 14.3. The molecule has 1 aliphatic heterocycles. The Hall–Kier alpha value is -1.43. The van der Waals surface area contributed by atoms with E-state index in [-0.39, 0.29) is 17.4 Å². The third-order valence-corrected chi connectivity index (χ3v) is 5.42. The van der Waals surface area contributed by atoms with Gasteiger partial charge in [-0.25, -0.2) is 0 Å². The quantitative estimate of drug-likeness (QED) is 0.921. The van der Waals surface area contributed by atoms with E-state index in [1.54, 1.807) is 6.92 Å². The van der Waals surface area contributed by atoms with Crippen LogP contribution in [0, 0.1) is 18.8 Å². The maximum atomic E-state index is 13.0. The highest BCUT2D eigenvalue weighted by Crippen LogP contribution is 2.34. The molecule has 0 aromatic carbocycles. The predicted octanol–water partition coefficient (Wildman–Crippen LogP) is 2.07. The third-order valence-electron chi connectivity index (χ3n) is 5.42. The standard InChI is InChI=1S/C17H28N4O2/c1-12-19-15(20-23-12)10-13-6-5-9-21(11-13)16(22)14-7-3-4-8-17(14,2)18/h13-14H,3-11,18H2,1-2H3. The van der Waals surface area contributed by atoms with Crippen LogP contribution in [0.1, 0.15) is 57.2 Å². The van der Waals surface area contributed by atoms with Crippen molar-refractivity contribution < 1.29 is 9.32 Å². The number of rotatable bonds is 3. The number of nitrogens with zero attached hydrogens (tertiary/aromatic N) is 3. The highest BCUT2D eigenvalue weighted by atomic mass is 16.5. The van der Waals surface area contributed by atoms with Gasteiger partial charge in [0.15, 0.2) is 5.82 Å². The molecule has 2 aliphatic rings. The van der Waals surface area contributed by atoms with Gasteiger partial charge in [-0.2, -0.15) is 4.98 Å². The molecule has 2 fully saturated rings. The van der Waals surface area contributed by atoms with E-state index in [0.717, 1.165) is 63.9 Å². The molecule has 1 amide bonds. The molecule has 128 valence electrons. The molecule has 23 heavy (non-hydrogen) atoms. The molecule has 6 nitrogen and oxygen atoms in total. The first kappa shape index (κ1) is 16.4. The van der Waals surface area contributed by atoms with Gasteiger partial charge in [0.1, 0.15) is 0 Å². The summed E-state index contributed by atoms with van der Waals surface area (Å²) in [6.07, 6.45) is 7.06. The van der Waals surface area contributed by atoms with Crippen LogP contribution in [0.4, 0.5) is 0 Å². The van der Waals surface area contributed by atoms with E-state index in [2.05, 4.69) is 10.1 Å². The van der Waals surface area contributed by atoms with E-state index in [9.17, 15) is 4.79 Å². The van der Waals surface area contributed by atoms with Gasteiger partial charge >= 0.3 is 0 Å². The number of likely N-dealkylation sites (tertiary alicyclic amines) is 1. The van der Waals surface area contributed by atoms with Crippen LogP contribution in [-0.2, 0) is 11.2 Å². The van der Waals surface area contributed by atoms with Gasteiger partial charge in [0.2, 0.25) is 11.8 Å². The summed E-state index contributed by atoms with van der Waals surface area (Å²) in [5.41, 5.74) is 6.06. The maximum absolute atomic E-state index is 13.0. The molecule has 0 radical (unpaired) electrons. The van der Waals surface area contributed by atoms with Crippen molar-refractivity contribution in [1.29, 1.82) is 0 Å². The number of aromatic nitrogens is 2. The number of amides is 1. The van der Waals surface area contributed by atoms with E-state index in [1.807, 2.05) is 11.8 Å². The molecule has 1 aromatic heterocycles. The second kappa shape index (κ2) is 6.59. The zero-order valence-electron chi connectivity index (χ0n) is 14.3. The van der Waals surface area contributed by atoms with E-state index in [1.165, 1.54) is 0 Å². The van der Waals surface area contributed by atoms with Gasteiger partial charge in [-0.1, -0.05) is 18.0 Å². The van der Waals surface area contributed by atoms with E-state index < -0.39 is 0 Å². The average Bonchev–Trinajstić information content (AvgIpc) is 2.91. The normalized spacial score (nSPS) is 32.0. The molecule has 2 heterocycles. The Kier molecular flexibility index (Phi) is 4.71. The van der Waals surface area contributed by atoms with Gasteiger partial charge in [0, 0.05) is 32.0 Å². The number of hydrogen-bond acceptors (Lipinski definition) is 5. The van der Waals surface area contributed by atoms with Crippen molar-refractivity contribution in [3.63, 3.8) is 0 Å². The van der Waals surface area contributed by atoms with Crippen LogP contribution in [0.5, 0.6) is 0 Å². The molecule has 3 rings (SSSR count). The Morgan fingerprint density at radius 1 is 1.39 bits per heavy atom. The average molecular weight is 320 g/mol. The summed E-state index contributed by atoms with van der Waals surface area (Å²) in [4.78, 5) is 19.3. The fraction of sp³-hybridized carbons (Fsp3) is 0.824. The number of aryl methyl sites for hydroxylation is 1. The lowest BCUT2D eigenvalue weighted by Crippen LogP contribution is -2.55. The first-order chi connectivity index (χ1) is 11.0. The number of carbonyl (C=O) groups is 1. The fourth-order valence-electron chi connectivity index (χ4n) is 4.10. The predicted molar refractivity (Wildman–Crippen MR) is 86.6 cm³/mol. The van der Waals surface area contributed by atoms with Crippen LogP contribution >= 0.6 is 0 Å². The molecule has 3 unspecified atom stereocenters. The van der Waals surface area contributed by atoms with Crippen LogP contribution in [0.15, 0.2) is 4.52 Å². The molecule has 1 aliphatic carbocycles. The van der Waals surface area contributed by atoms with E-state index >= 15 is 0 Å². The van der Waals surface area contributed by atoms with Crippen LogP contribution in [-0.4, -0.2) is 39.6 Å². The monoisotopic (exact) mass is 320 g/mol. The summed E-state index contributed by atoms with van der Waals surface area (Å²) < 4.78 is 5.04. The van der Waals surface area contributed by atoms with E-state index in [0.29, 0.717) is 11.8 Å². The van der Waals surface area contributed by atoms with Crippen LogP contribution < -0.4 is 5.73 Å². The van der Waals surface area contributed by atoms with Crippen LogP contribution in [0.3, 0.4) is 0 Å². The lowest BCUT2D eigenvalue weighted by Gasteiger charge is -2.42. The molecule has 3 atom stereocenters. The van der Waals surface area contributed by atoms with E-state index in [4.69, 9.17) is 10.3 Å². The van der Waals surface area contributed by atoms with Gasteiger partial charge in [0.05, 0.1) is 5.92 Å². The summed E-state index contributed by atoms with van der Waals surface area (Å²) in [5.74, 6) is 2.00. The van der Waals surface area contributed by atoms with Gasteiger partial charge in [-0.05, 0) is 38.5 Å². The van der Waals surface area contributed by atoms with Crippen LogP contribution in [0.2, 0.25) is 0 Å². The summed E-state index contributed by atoms with van der Waals surface area (Å²) in [7, 11) is 0. The topological polar surface area (TPSA) is 85.2 Å². The number of nitrogens with two attached hydrogens (primary N) is 1. The first-order valence-corrected chi connectivity index (χ1v) is 8.82. The highest BCUT2D eigenvalue weighted by molar-refractivity contribution is 5.80. The largest absolute Gasteiger partial charge is 0.342 e. The Labute approximate surface area is 137 Å². The Morgan fingerprint density at radius 3 is 2.91 bits per heavy atom. The molecular formula is C17H28N4O2. The van der Waals surface area contributed by atoms with Gasteiger partial charge in [0.25, 0.3) is 0 Å². The molecule has 6 heteroatoms. The van der Waals surface area contributed by atoms with Crippen molar-refractivity contribution >= 4 is 5.91 Å². The van der Waals surface area contributed by atoms with Crippen molar-refractivity contribution in [3.05, 3.63) is 11.7 Å². The lowest BCUT2D eigenvalue weighted by atomic mass is 9.73. The first-order valence-electron chi connectivity index (χ1n) is 8.82. The molecule has 1 saturated heterocycles. The summed E-state index contributed by atoms with van der Waals surface area (Å²) in [6, 6.07) is 0. The SMILES string of the molecule is Cc1nc(CC2CCCN(C(=O)C3CCCCC3(C)N)C2)no1. The van der Waals surface area contributed by atoms with Crippen molar-refractivity contribution in [2.24, 2.45) is 17.6 Å². The Bertz CT molecular complexity index is 555. The number of hydrogen-bond donors (Lipinski definition) is 1. The number of piperidine rings is 1.